The highest BCUT2D eigenvalue weighted by molar-refractivity contribution is 8.77. The minimum absolute atomic E-state index is 0.140. The first-order valence-electron chi connectivity index (χ1n) is 30.4. The van der Waals surface area contributed by atoms with Crippen molar-refractivity contribution >= 4 is 132 Å². The van der Waals surface area contributed by atoms with Crippen molar-refractivity contribution in [3.05, 3.63) is 277 Å². The van der Waals surface area contributed by atoms with E-state index in [1.807, 2.05) is 157 Å². The number of ether oxygens (including phenoxy) is 4. The lowest BCUT2D eigenvalue weighted by atomic mass is 10.1. The molecule has 0 saturated heterocycles. The van der Waals surface area contributed by atoms with Gasteiger partial charge in [-0.25, -0.2) is 39.5 Å². The Labute approximate surface area is 565 Å². The van der Waals surface area contributed by atoms with E-state index in [-0.39, 0.29) is 51.2 Å². The summed E-state index contributed by atoms with van der Waals surface area (Å²) in [6, 6.07) is 45.2. The van der Waals surface area contributed by atoms with E-state index in [0.29, 0.717) is 91.6 Å². The Morgan fingerprint density at radius 1 is 0.400 bits per heavy atom. The average molecular weight is 1350 g/mol. The van der Waals surface area contributed by atoms with Crippen molar-refractivity contribution in [3.8, 4) is 11.5 Å². The molecule has 0 N–H and O–H groups in total. The van der Waals surface area contributed by atoms with Gasteiger partial charge in [0.05, 0.1) is 0 Å². The van der Waals surface area contributed by atoms with Crippen LogP contribution in [-0.2, 0) is 27.9 Å². The van der Waals surface area contributed by atoms with Crippen LogP contribution in [0, 0.1) is 63.2 Å². The standard InChI is InChI=1S/C72H56N8O10S4Si/c81-61(35-25-47-13-1-2-14-47)49-27-31-51(32-28-49)87-45-63(83)85-37-41-91-93-43-39-89-95(90-40-44-94-92-42-38-86-64(84)46-88-52-33-29-50(30-34-52)62(82)36-26-48-15-3-4-16-48)79-69-57-21-9-10-22-58(57)71(79)77-67-55-19-7-8-20-56(55)68(74-67)78-72-60-24-12-11-23-59(60)70(80(72)95)76-66-54-18-6-5-17-53(54)65(73-66)75-69/h1-36H,37-46H2/b35-25+,36-26+,75-65?,75-69?,76-66?,76-70?,77-67?,77-71?,78-68?,78-72?. The molecular weight excluding hydrogens is 1290 g/mol. The van der Waals surface area contributed by atoms with Gasteiger partial charge >= 0.3 is 20.8 Å². The molecule has 472 valence electrons. The molecular formula is C72H56N8O10S4Si. The van der Waals surface area contributed by atoms with Crippen molar-refractivity contribution < 1.29 is 47.0 Å². The zero-order chi connectivity index (χ0) is 64.5. The number of aromatic nitrogens is 2. The lowest BCUT2D eigenvalue weighted by molar-refractivity contribution is -0.146. The van der Waals surface area contributed by atoms with Crippen LogP contribution in [0.5, 0.6) is 11.5 Å². The number of nitrogens with zero attached hydrogens (tertiary/aromatic N) is 8. The van der Waals surface area contributed by atoms with Crippen molar-refractivity contribution in [1.82, 2.24) is 8.47 Å². The second-order valence-electron chi connectivity index (χ2n) is 21.5. The smallest absolute Gasteiger partial charge is 0.482 e. The Hall–Kier alpha value is -8.42. The first-order valence-corrected chi connectivity index (χ1v) is 37.1. The number of esters is 2. The van der Waals surface area contributed by atoms with Gasteiger partial charge in [-0.3, -0.25) is 18.1 Å². The number of rotatable bonds is 28. The van der Waals surface area contributed by atoms with E-state index in [1.165, 1.54) is 33.7 Å². The Morgan fingerprint density at radius 2 is 0.758 bits per heavy atom. The number of fused-ring (bicyclic) bond motifs is 14. The molecule has 4 aliphatic heterocycles. The third kappa shape index (κ3) is 14.1. The number of hydrogen-bond donors (Lipinski definition) is 0. The molecule has 0 atom stereocenters. The molecule has 0 spiro atoms. The largest absolute Gasteiger partial charge is 0.603 e. The third-order valence-electron chi connectivity index (χ3n) is 15.5. The summed E-state index contributed by atoms with van der Waals surface area (Å²) < 4.78 is 42.0. The van der Waals surface area contributed by atoms with E-state index in [0.717, 1.165) is 55.6 Å². The summed E-state index contributed by atoms with van der Waals surface area (Å²) in [4.78, 5) is 83.7. The summed E-state index contributed by atoms with van der Waals surface area (Å²) in [5.74, 6) is 6.26. The predicted octanol–water partition coefficient (Wildman–Crippen LogP) is 11.7. The molecule has 0 unspecified atom stereocenters. The molecule has 6 bridgehead atoms. The van der Waals surface area contributed by atoms with Crippen molar-refractivity contribution in [1.29, 1.82) is 0 Å². The van der Waals surface area contributed by atoms with Crippen molar-refractivity contribution in [2.75, 3.05) is 62.7 Å². The Morgan fingerprint density at radius 3 is 1.16 bits per heavy atom. The Balaban J connectivity index is 0.708. The molecule has 2 aliphatic carbocycles. The summed E-state index contributed by atoms with van der Waals surface area (Å²) in [6.07, 6.45) is 21.9. The Bertz CT molecular complexity index is 4310. The van der Waals surface area contributed by atoms with Crippen LogP contribution in [0.15, 0.2) is 200 Å². The zero-order valence-electron chi connectivity index (χ0n) is 50.6. The van der Waals surface area contributed by atoms with Gasteiger partial charge in [0.2, 0.25) is 0 Å². The molecule has 6 aromatic carbocycles. The van der Waals surface area contributed by atoms with Crippen LogP contribution < -0.4 is 20.4 Å². The molecule has 23 heteroatoms. The highest BCUT2D eigenvalue weighted by Gasteiger charge is 2.53. The highest BCUT2D eigenvalue weighted by atomic mass is 33.1. The Kier molecular flexibility index (Phi) is 20.0. The molecule has 18 nitrogen and oxygen atoms in total. The molecule has 10 radical (unpaired) electrons. The van der Waals surface area contributed by atoms with Crippen LogP contribution in [0.25, 0.3) is 21.5 Å². The van der Waals surface area contributed by atoms with E-state index in [2.05, 4.69) is 0 Å². The van der Waals surface area contributed by atoms with Gasteiger partial charge in [0, 0.05) is 103 Å². The van der Waals surface area contributed by atoms with Gasteiger partial charge in [-0.05, 0) is 112 Å². The number of carbonyl (C=O) groups excluding carboxylic acids is 4. The monoisotopic (exact) mass is 1350 g/mol. The lowest BCUT2D eigenvalue weighted by Gasteiger charge is -2.33. The summed E-state index contributed by atoms with van der Waals surface area (Å²) in [7, 11) is 1.76. The number of aliphatic imine (C=N–C) groups is 4. The number of amidine groups is 4. The first kappa shape index (κ1) is 63.9. The highest BCUT2D eigenvalue weighted by Crippen LogP contribution is 2.44. The van der Waals surface area contributed by atoms with Crippen LogP contribution in [-0.4, -0.2) is 127 Å². The summed E-state index contributed by atoms with van der Waals surface area (Å²) in [6.45, 7) is 0.0180. The number of hydrogen-bond acceptors (Lipinski definition) is 20. The van der Waals surface area contributed by atoms with Crippen molar-refractivity contribution in [2.24, 2.45) is 30.0 Å². The number of benzene rings is 6. The predicted molar refractivity (Wildman–Crippen MR) is 376 cm³/mol. The van der Waals surface area contributed by atoms with Crippen LogP contribution >= 0.6 is 43.2 Å². The minimum Gasteiger partial charge on any atom is -0.482 e. The molecule has 8 aromatic rings. The quantitative estimate of drug-likeness (QED) is 0.0112. The van der Waals surface area contributed by atoms with Crippen LogP contribution in [0.2, 0.25) is 0 Å². The molecule has 14 rings (SSSR count). The molecule has 2 fully saturated rings. The van der Waals surface area contributed by atoms with Gasteiger partial charge in [-0.2, -0.15) is 0 Å². The van der Waals surface area contributed by atoms with Crippen LogP contribution in [0.1, 0.15) is 43.0 Å². The zero-order valence-corrected chi connectivity index (χ0v) is 54.9. The summed E-state index contributed by atoms with van der Waals surface area (Å²) >= 11 is 0. The second kappa shape index (κ2) is 29.7. The van der Waals surface area contributed by atoms with E-state index >= 15 is 0 Å². The fraction of sp³-hybridized carbons (Fsp3) is 0.139. The van der Waals surface area contributed by atoms with E-state index in [1.54, 1.807) is 82.3 Å². The van der Waals surface area contributed by atoms with Gasteiger partial charge < -0.3 is 27.8 Å². The molecule has 95 heavy (non-hydrogen) atoms. The fourth-order valence-corrected chi connectivity index (χ4v) is 18.0. The lowest BCUT2D eigenvalue weighted by Crippen LogP contribution is -2.64. The van der Waals surface area contributed by atoms with Crippen molar-refractivity contribution in [2.45, 2.75) is 0 Å². The van der Waals surface area contributed by atoms with E-state index < -0.39 is 20.8 Å². The number of allylic oxidation sites excluding steroid dienone is 4. The summed E-state index contributed by atoms with van der Waals surface area (Å²) in [5, 5.41) is 3.14. The van der Waals surface area contributed by atoms with Gasteiger partial charge in [0.25, 0.3) is 0 Å². The van der Waals surface area contributed by atoms with Crippen LogP contribution in [0.4, 0.5) is 11.6 Å². The maximum Gasteiger partial charge on any atom is 0.603 e. The van der Waals surface area contributed by atoms with Gasteiger partial charge in [-0.1, -0.05) is 152 Å². The van der Waals surface area contributed by atoms with Gasteiger partial charge in [0.15, 0.2) is 48.1 Å². The van der Waals surface area contributed by atoms with Gasteiger partial charge in [-0.15, -0.1) is 0 Å². The SMILES string of the molecule is O=C(COc1ccc(C(=O)/C=C/[C]2[CH][CH][CH][CH]2)cc1)OCCSSCCO[Si]1(OCCSSCCOC(=O)COc2ccc(C(=O)/C=C/[C]3[CH][CH][CH][CH]3)cc2)n2c3c4ccccc4c2N=C2N=C(N=c4c5ccccc5c(n41)=NC1=NC(=N3)c3ccccc31)c1ccccc12. The van der Waals surface area contributed by atoms with Gasteiger partial charge in [0.1, 0.15) is 47.3 Å². The average Bonchev–Trinajstić information content (AvgIpc) is 1.54. The number of ketones is 2. The normalized spacial score (nSPS) is 16.0. The topological polar surface area (TPSA) is 208 Å². The second-order valence-corrected chi connectivity index (χ2v) is 29.5. The summed E-state index contributed by atoms with van der Waals surface area (Å²) in [5.41, 5.74) is 5.30. The van der Waals surface area contributed by atoms with E-state index in [4.69, 9.17) is 57.8 Å². The molecule has 0 amide bonds. The minimum atomic E-state index is -4.44. The first-order chi connectivity index (χ1) is 46.7. The maximum atomic E-state index is 12.9. The maximum absolute atomic E-state index is 12.9. The van der Waals surface area contributed by atoms with Crippen molar-refractivity contribution in [3.63, 3.8) is 0 Å². The van der Waals surface area contributed by atoms with Crippen LogP contribution in [0.3, 0.4) is 0 Å². The molecule has 2 aromatic heterocycles. The molecule has 2 saturated carbocycles. The molecule has 6 aliphatic rings. The van der Waals surface area contributed by atoms with E-state index in [9.17, 15) is 19.2 Å². The fourth-order valence-electron chi connectivity index (χ4n) is 11.1. The third-order valence-corrected chi connectivity index (χ3v) is 23.3. The number of carbonyl (C=O) groups is 4. The molecule has 6 heterocycles.